The number of hydrogen-bond acceptors (Lipinski definition) is 3. The molecule has 1 saturated heterocycles. The highest BCUT2D eigenvalue weighted by molar-refractivity contribution is 5.85. The van der Waals surface area contributed by atoms with Gasteiger partial charge in [-0.2, -0.15) is 5.10 Å². The van der Waals surface area contributed by atoms with Crippen LogP contribution in [0.4, 0.5) is 0 Å². The molecule has 1 amide bonds. The van der Waals surface area contributed by atoms with E-state index in [9.17, 15) is 4.79 Å². The van der Waals surface area contributed by atoms with Gasteiger partial charge in [-0.05, 0) is 34.9 Å². The third-order valence-corrected chi connectivity index (χ3v) is 6.98. The van der Waals surface area contributed by atoms with Gasteiger partial charge in [0.2, 0.25) is 5.91 Å². The van der Waals surface area contributed by atoms with Gasteiger partial charge in [0.25, 0.3) is 0 Å². The summed E-state index contributed by atoms with van der Waals surface area (Å²) in [4.78, 5) is 13.1. The van der Waals surface area contributed by atoms with Crippen molar-refractivity contribution in [2.75, 3.05) is 19.6 Å². The largest absolute Gasteiger partial charge is 0.355 e. The predicted octanol–water partition coefficient (Wildman–Crippen LogP) is 3.68. The second-order valence-electron chi connectivity index (χ2n) is 10.00. The first kappa shape index (κ1) is 22.8. The summed E-state index contributed by atoms with van der Waals surface area (Å²) in [5.74, 6) is 0.341. The molecule has 0 unspecified atom stereocenters. The first-order chi connectivity index (χ1) is 13.8. The summed E-state index contributed by atoms with van der Waals surface area (Å²) in [6, 6.07) is 9.08. The van der Waals surface area contributed by atoms with Crippen molar-refractivity contribution >= 4 is 18.3 Å². The number of carbonyl (C=O) groups excluding carboxylic acids is 1. The molecule has 0 bridgehead atoms. The lowest BCUT2D eigenvalue weighted by molar-refractivity contribution is -0.125. The molecule has 6 heteroatoms. The smallest absolute Gasteiger partial charge is 0.225 e. The predicted molar refractivity (Wildman–Crippen MR) is 123 cm³/mol. The first-order valence-corrected chi connectivity index (χ1v) is 10.9. The molecule has 4 rings (SSSR count). The van der Waals surface area contributed by atoms with E-state index in [1.54, 1.807) is 0 Å². The van der Waals surface area contributed by atoms with Crippen LogP contribution in [0.1, 0.15) is 62.6 Å². The van der Waals surface area contributed by atoms with Gasteiger partial charge >= 0.3 is 0 Å². The van der Waals surface area contributed by atoms with Crippen molar-refractivity contribution in [3.05, 3.63) is 53.3 Å². The van der Waals surface area contributed by atoms with E-state index in [2.05, 4.69) is 60.8 Å². The van der Waals surface area contributed by atoms with Crippen LogP contribution in [0.5, 0.6) is 0 Å². The highest BCUT2D eigenvalue weighted by Gasteiger charge is 2.41. The molecular formula is C24H35ClN4O. The number of rotatable bonds is 5. The number of benzene rings is 1. The summed E-state index contributed by atoms with van der Waals surface area (Å²) >= 11 is 0. The van der Waals surface area contributed by atoms with Crippen LogP contribution in [0.25, 0.3) is 0 Å². The molecule has 164 valence electrons. The summed E-state index contributed by atoms with van der Waals surface area (Å²) < 4.78 is 1.81. The number of nitrogens with zero attached hydrogens (tertiary/aromatic N) is 2. The fourth-order valence-electron chi connectivity index (χ4n) is 4.82. The lowest BCUT2D eigenvalue weighted by Crippen LogP contribution is -2.47. The fourth-order valence-corrected chi connectivity index (χ4v) is 4.82. The molecule has 1 aromatic heterocycles. The average molecular weight is 431 g/mol. The first-order valence-electron chi connectivity index (χ1n) is 10.9. The molecule has 2 heterocycles. The molecule has 5 nitrogen and oxygen atoms in total. The minimum Gasteiger partial charge on any atom is -0.355 e. The van der Waals surface area contributed by atoms with Gasteiger partial charge in [0.15, 0.2) is 0 Å². The Bertz CT molecular complexity index is 864. The van der Waals surface area contributed by atoms with E-state index in [1.807, 2.05) is 24.1 Å². The summed E-state index contributed by atoms with van der Waals surface area (Å²) in [7, 11) is 1.92. The Morgan fingerprint density at radius 3 is 2.47 bits per heavy atom. The van der Waals surface area contributed by atoms with Crippen molar-refractivity contribution in [3.8, 4) is 0 Å². The summed E-state index contributed by atoms with van der Waals surface area (Å²) in [5, 5.41) is 11.0. The second-order valence-corrected chi connectivity index (χ2v) is 10.00. The molecule has 2 aromatic rings. The van der Waals surface area contributed by atoms with E-state index in [0.29, 0.717) is 0 Å². The van der Waals surface area contributed by atoms with Crippen LogP contribution in [-0.4, -0.2) is 35.3 Å². The maximum atomic E-state index is 13.1. The molecule has 2 aliphatic rings. The van der Waals surface area contributed by atoms with Crippen molar-refractivity contribution < 1.29 is 4.79 Å². The molecule has 1 aliphatic heterocycles. The Hall–Kier alpha value is -1.85. The van der Waals surface area contributed by atoms with Gasteiger partial charge in [-0.15, -0.1) is 12.4 Å². The van der Waals surface area contributed by atoms with Gasteiger partial charge in [-0.3, -0.25) is 9.48 Å². The van der Waals surface area contributed by atoms with Gasteiger partial charge in [0.1, 0.15) is 0 Å². The van der Waals surface area contributed by atoms with Gasteiger partial charge < -0.3 is 10.6 Å². The summed E-state index contributed by atoms with van der Waals surface area (Å²) in [5.41, 5.74) is 4.13. The van der Waals surface area contributed by atoms with Crippen LogP contribution < -0.4 is 10.6 Å². The maximum Gasteiger partial charge on any atom is 0.225 e. The molecule has 1 saturated carbocycles. The molecular weight excluding hydrogens is 396 g/mol. The zero-order chi connectivity index (χ0) is 20.6. The molecule has 0 spiro atoms. The average Bonchev–Trinajstić information content (AvgIpc) is 3.29. The zero-order valence-corrected chi connectivity index (χ0v) is 19.4. The zero-order valence-electron chi connectivity index (χ0n) is 18.6. The van der Waals surface area contributed by atoms with Crippen molar-refractivity contribution in [2.45, 2.75) is 56.8 Å². The lowest BCUT2D eigenvalue weighted by atomic mass is 9.64. The highest BCUT2D eigenvalue weighted by Crippen LogP contribution is 2.44. The van der Waals surface area contributed by atoms with E-state index >= 15 is 0 Å². The van der Waals surface area contributed by atoms with Gasteiger partial charge in [-0.1, -0.05) is 51.5 Å². The minimum absolute atomic E-state index is 0. The number of halogens is 1. The van der Waals surface area contributed by atoms with E-state index in [4.69, 9.17) is 0 Å². The van der Waals surface area contributed by atoms with Crippen LogP contribution >= 0.6 is 12.4 Å². The van der Waals surface area contributed by atoms with Crippen LogP contribution in [0.3, 0.4) is 0 Å². The normalized spacial score (nSPS) is 22.8. The number of aryl methyl sites for hydroxylation is 1. The van der Waals surface area contributed by atoms with Crippen molar-refractivity contribution in [1.29, 1.82) is 0 Å². The minimum atomic E-state index is -0.0282. The van der Waals surface area contributed by atoms with Crippen LogP contribution in [0.2, 0.25) is 0 Å². The third-order valence-electron chi connectivity index (χ3n) is 6.98. The molecule has 2 fully saturated rings. The fraction of sp³-hybridized carbons (Fsp3) is 0.583. The van der Waals surface area contributed by atoms with E-state index in [-0.39, 0.29) is 41.0 Å². The Morgan fingerprint density at radius 2 is 1.93 bits per heavy atom. The standard InChI is InChI=1S/C24H34N4O.ClH/c1-23(2,3)18-6-8-19(9-7-18)24(10-5-11-24)16-26-22(29)21-14-25-13-20(21)17-12-27-28(4)15-17;/h6-9,12,15,20-21,25H,5,10-11,13-14,16H2,1-4H3,(H,26,29);1H/t20-,21+;/m1./s1. The molecule has 1 aliphatic carbocycles. The number of nitrogens with one attached hydrogen (secondary N) is 2. The topological polar surface area (TPSA) is 59.0 Å². The molecule has 30 heavy (non-hydrogen) atoms. The van der Waals surface area contributed by atoms with Gasteiger partial charge in [-0.25, -0.2) is 0 Å². The number of carbonyl (C=O) groups is 1. The van der Waals surface area contributed by atoms with Gasteiger partial charge in [0, 0.05) is 44.2 Å². The lowest BCUT2D eigenvalue weighted by Gasteiger charge is -2.43. The Kier molecular flexibility index (Phi) is 6.63. The molecule has 2 N–H and O–H groups in total. The maximum absolute atomic E-state index is 13.1. The van der Waals surface area contributed by atoms with Crippen molar-refractivity contribution in [1.82, 2.24) is 20.4 Å². The van der Waals surface area contributed by atoms with Crippen molar-refractivity contribution in [2.24, 2.45) is 13.0 Å². The third kappa shape index (κ3) is 4.42. The van der Waals surface area contributed by atoms with Gasteiger partial charge in [0.05, 0.1) is 12.1 Å². The Morgan fingerprint density at radius 1 is 1.23 bits per heavy atom. The monoisotopic (exact) mass is 430 g/mol. The van der Waals surface area contributed by atoms with Crippen LogP contribution in [-0.2, 0) is 22.7 Å². The van der Waals surface area contributed by atoms with Crippen LogP contribution in [0, 0.1) is 5.92 Å². The highest BCUT2D eigenvalue weighted by atomic mass is 35.5. The quantitative estimate of drug-likeness (QED) is 0.760. The molecule has 0 radical (unpaired) electrons. The molecule has 1 aromatic carbocycles. The molecule has 2 atom stereocenters. The summed E-state index contributed by atoms with van der Waals surface area (Å²) in [6.45, 7) is 9.04. The summed E-state index contributed by atoms with van der Waals surface area (Å²) in [6.07, 6.45) is 7.46. The van der Waals surface area contributed by atoms with E-state index in [1.165, 1.54) is 17.5 Å². The van der Waals surface area contributed by atoms with E-state index in [0.717, 1.165) is 38.0 Å². The Labute approximate surface area is 186 Å². The number of hydrogen-bond donors (Lipinski definition) is 2. The van der Waals surface area contributed by atoms with Crippen molar-refractivity contribution in [3.63, 3.8) is 0 Å². The SMILES string of the molecule is Cl.Cn1cc([C@H]2CNC[C@@H]2C(=O)NCC2(c3ccc(C(C)(C)C)cc3)CCC2)cn1. The Balaban J connectivity index is 0.00000256. The number of aromatic nitrogens is 2. The second kappa shape index (κ2) is 8.72. The van der Waals surface area contributed by atoms with E-state index < -0.39 is 0 Å². The number of amides is 1. The van der Waals surface area contributed by atoms with Crippen LogP contribution in [0.15, 0.2) is 36.7 Å².